The number of sulfonamides is 1. The van der Waals surface area contributed by atoms with Gasteiger partial charge >= 0.3 is 0 Å². The summed E-state index contributed by atoms with van der Waals surface area (Å²) in [5.41, 5.74) is 1.76. The SMILES string of the molecule is Cc1cccc(NC(=O)COc2ccc(S(=O)(=O)NC3CCCC3)cc2)c1. The monoisotopic (exact) mass is 388 g/mol. The lowest BCUT2D eigenvalue weighted by atomic mass is 10.2. The molecule has 0 atom stereocenters. The fourth-order valence-corrected chi connectivity index (χ4v) is 4.42. The van der Waals surface area contributed by atoms with Crippen LogP contribution in [-0.4, -0.2) is 27.0 Å². The molecule has 0 spiro atoms. The van der Waals surface area contributed by atoms with Crippen LogP contribution in [-0.2, 0) is 14.8 Å². The van der Waals surface area contributed by atoms with Crippen LogP contribution in [0, 0.1) is 6.92 Å². The van der Waals surface area contributed by atoms with Crippen molar-refractivity contribution < 1.29 is 17.9 Å². The zero-order chi connectivity index (χ0) is 19.3. The quantitative estimate of drug-likeness (QED) is 0.763. The van der Waals surface area contributed by atoms with Crippen LogP contribution >= 0.6 is 0 Å². The maximum absolute atomic E-state index is 12.4. The Bertz CT molecular complexity index is 888. The molecule has 0 unspecified atom stereocenters. The Hall–Kier alpha value is -2.38. The molecular weight excluding hydrogens is 364 g/mol. The lowest BCUT2D eigenvalue weighted by Gasteiger charge is -2.13. The average Bonchev–Trinajstić information content (AvgIpc) is 3.13. The molecule has 0 radical (unpaired) electrons. The maximum atomic E-state index is 12.4. The lowest BCUT2D eigenvalue weighted by molar-refractivity contribution is -0.118. The molecule has 6 nitrogen and oxygen atoms in total. The van der Waals surface area contributed by atoms with Crippen molar-refractivity contribution in [3.05, 3.63) is 54.1 Å². The van der Waals surface area contributed by atoms with E-state index in [0.717, 1.165) is 31.2 Å². The summed E-state index contributed by atoms with van der Waals surface area (Å²) in [5.74, 6) is 0.161. The summed E-state index contributed by atoms with van der Waals surface area (Å²) in [4.78, 5) is 12.2. The summed E-state index contributed by atoms with van der Waals surface area (Å²) in [6, 6.07) is 13.6. The fraction of sp³-hybridized carbons (Fsp3) is 0.350. The number of carbonyl (C=O) groups excluding carboxylic acids is 1. The van der Waals surface area contributed by atoms with Crippen molar-refractivity contribution in [3.63, 3.8) is 0 Å². The molecule has 0 heterocycles. The molecule has 2 aromatic rings. The van der Waals surface area contributed by atoms with Gasteiger partial charge in [-0.3, -0.25) is 4.79 Å². The van der Waals surface area contributed by atoms with Gasteiger partial charge in [0.15, 0.2) is 6.61 Å². The van der Waals surface area contributed by atoms with Crippen LogP contribution in [0.25, 0.3) is 0 Å². The van der Waals surface area contributed by atoms with Crippen LogP contribution < -0.4 is 14.8 Å². The van der Waals surface area contributed by atoms with Crippen molar-refractivity contribution >= 4 is 21.6 Å². The van der Waals surface area contributed by atoms with E-state index < -0.39 is 10.0 Å². The summed E-state index contributed by atoms with van der Waals surface area (Å²) in [7, 11) is -3.52. The van der Waals surface area contributed by atoms with Gasteiger partial charge in [-0.2, -0.15) is 0 Å². The van der Waals surface area contributed by atoms with Crippen molar-refractivity contribution in [2.45, 2.75) is 43.5 Å². The van der Waals surface area contributed by atoms with Gasteiger partial charge in [-0.15, -0.1) is 0 Å². The van der Waals surface area contributed by atoms with Crippen LogP contribution in [0.1, 0.15) is 31.2 Å². The Morgan fingerprint density at radius 1 is 1.11 bits per heavy atom. The first-order valence-corrected chi connectivity index (χ1v) is 10.5. The van der Waals surface area contributed by atoms with Gasteiger partial charge in [0, 0.05) is 11.7 Å². The van der Waals surface area contributed by atoms with E-state index in [1.165, 1.54) is 12.1 Å². The van der Waals surface area contributed by atoms with Crippen molar-refractivity contribution in [1.82, 2.24) is 4.72 Å². The largest absolute Gasteiger partial charge is 0.484 e. The number of anilines is 1. The first-order valence-electron chi connectivity index (χ1n) is 9.04. The van der Waals surface area contributed by atoms with Crippen LogP contribution in [0.5, 0.6) is 5.75 Å². The third-order valence-corrected chi connectivity index (χ3v) is 6.02. The molecule has 3 rings (SSSR count). The van der Waals surface area contributed by atoms with E-state index in [1.807, 2.05) is 31.2 Å². The van der Waals surface area contributed by atoms with E-state index in [1.54, 1.807) is 12.1 Å². The van der Waals surface area contributed by atoms with E-state index in [0.29, 0.717) is 11.4 Å². The average molecular weight is 388 g/mol. The molecule has 27 heavy (non-hydrogen) atoms. The minimum atomic E-state index is -3.52. The zero-order valence-electron chi connectivity index (χ0n) is 15.3. The second-order valence-corrected chi connectivity index (χ2v) is 8.49. The van der Waals surface area contributed by atoms with Gasteiger partial charge in [0.2, 0.25) is 10.0 Å². The normalized spacial score (nSPS) is 14.9. The fourth-order valence-electron chi connectivity index (χ4n) is 3.11. The highest BCUT2D eigenvalue weighted by Gasteiger charge is 2.22. The van der Waals surface area contributed by atoms with Gasteiger partial charge in [0.25, 0.3) is 5.91 Å². The third kappa shape index (κ3) is 5.55. The molecule has 1 saturated carbocycles. The van der Waals surface area contributed by atoms with Crippen molar-refractivity contribution in [3.8, 4) is 5.75 Å². The molecular formula is C20H24N2O4S. The van der Waals surface area contributed by atoms with Gasteiger partial charge in [0.1, 0.15) is 5.75 Å². The minimum Gasteiger partial charge on any atom is -0.484 e. The maximum Gasteiger partial charge on any atom is 0.262 e. The number of hydrogen-bond acceptors (Lipinski definition) is 4. The molecule has 1 amide bonds. The summed E-state index contributed by atoms with van der Waals surface area (Å²) < 4.78 is 32.9. The molecule has 0 aromatic heterocycles. The van der Waals surface area contributed by atoms with Crippen LogP contribution in [0.4, 0.5) is 5.69 Å². The van der Waals surface area contributed by atoms with Gasteiger partial charge in [-0.1, -0.05) is 25.0 Å². The van der Waals surface area contributed by atoms with Crippen molar-refractivity contribution in [2.24, 2.45) is 0 Å². The predicted octanol–water partition coefficient (Wildman–Crippen LogP) is 3.23. The molecule has 2 aromatic carbocycles. The number of ether oxygens (including phenoxy) is 1. The molecule has 2 N–H and O–H groups in total. The van der Waals surface area contributed by atoms with E-state index in [2.05, 4.69) is 10.0 Å². The predicted molar refractivity (Wildman–Crippen MR) is 104 cm³/mol. The number of benzene rings is 2. The summed E-state index contributed by atoms with van der Waals surface area (Å²) in [6.45, 7) is 1.80. The van der Waals surface area contributed by atoms with E-state index >= 15 is 0 Å². The second-order valence-electron chi connectivity index (χ2n) is 6.78. The lowest BCUT2D eigenvalue weighted by Crippen LogP contribution is -2.32. The van der Waals surface area contributed by atoms with E-state index in [9.17, 15) is 13.2 Å². The Kier molecular flexibility index (Phi) is 6.13. The molecule has 0 bridgehead atoms. The highest BCUT2D eigenvalue weighted by Crippen LogP contribution is 2.21. The van der Waals surface area contributed by atoms with E-state index in [-0.39, 0.29) is 23.5 Å². The highest BCUT2D eigenvalue weighted by atomic mass is 32.2. The third-order valence-electron chi connectivity index (χ3n) is 4.48. The Morgan fingerprint density at radius 3 is 2.48 bits per heavy atom. The van der Waals surface area contributed by atoms with Crippen LogP contribution in [0.2, 0.25) is 0 Å². The second kappa shape index (κ2) is 8.54. The van der Waals surface area contributed by atoms with Crippen LogP contribution in [0.3, 0.4) is 0 Å². The van der Waals surface area contributed by atoms with Gasteiger partial charge in [-0.05, 0) is 61.7 Å². The van der Waals surface area contributed by atoms with Gasteiger partial charge in [-0.25, -0.2) is 13.1 Å². The molecule has 7 heteroatoms. The van der Waals surface area contributed by atoms with Crippen molar-refractivity contribution in [1.29, 1.82) is 0 Å². The summed E-state index contributed by atoms with van der Waals surface area (Å²) in [5, 5.41) is 2.76. The number of rotatable bonds is 7. The Labute approximate surface area is 160 Å². The number of nitrogens with one attached hydrogen (secondary N) is 2. The van der Waals surface area contributed by atoms with Gasteiger partial charge in [0.05, 0.1) is 4.90 Å². The molecule has 1 aliphatic carbocycles. The number of aryl methyl sites for hydroxylation is 1. The van der Waals surface area contributed by atoms with Gasteiger partial charge < -0.3 is 10.1 Å². The first-order chi connectivity index (χ1) is 12.9. The highest BCUT2D eigenvalue weighted by molar-refractivity contribution is 7.89. The minimum absolute atomic E-state index is 0.0243. The molecule has 1 fully saturated rings. The zero-order valence-corrected chi connectivity index (χ0v) is 16.1. The van der Waals surface area contributed by atoms with Crippen LogP contribution in [0.15, 0.2) is 53.4 Å². The molecule has 0 aliphatic heterocycles. The molecule has 1 aliphatic rings. The summed E-state index contributed by atoms with van der Waals surface area (Å²) >= 11 is 0. The smallest absolute Gasteiger partial charge is 0.262 e. The topological polar surface area (TPSA) is 84.5 Å². The number of hydrogen-bond donors (Lipinski definition) is 2. The van der Waals surface area contributed by atoms with E-state index in [4.69, 9.17) is 4.74 Å². The Balaban J connectivity index is 1.53. The number of amides is 1. The number of carbonyl (C=O) groups is 1. The van der Waals surface area contributed by atoms with Crippen molar-refractivity contribution in [2.75, 3.05) is 11.9 Å². The summed E-state index contributed by atoms with van der Waals surface area (Å²) in [6.07, 6.45) is 3.89. The standard InChI is InChI=1S/C20H24N2O4S/c1-15-5-4-8-17(13-15)21-20(23)14-26-18-9-11-19(12-10-18)27(24,25)22-16-6-2-3-7-16/h4-5,8-13,16,22H,2-3,6-7,14H2,1H3,(H,21,23). The molecule has 0 saturated heterocycles. The Morgan fingerprint density at radius 2 is 1.81 bits per heavy atom. The first kappa shape index (κ1) is 19.4. The molecule has 144 valence electrons.